The van der Waals surface area contributed by atoms with E-state index in [0.717, 1.165) is 26.1 Å². The summed E-state index contributed by atoms with van der Waals surface area (Å²) in [7, 11) is 4.05. The van der Waals surface area contributed by atoms with Gasteiger partial charge >= 0.3 is 0 Å². The summed E-state index contributed by atoms with van der Waals surface area (Å²) in [5.41, 5.74) is 3.11. The molecule has 1 heterocycles. The van der Waals surface area contributed by atoms with Crippen molar-refractivity contribution in [2.24, 2.45) is 0 Å². The van der Waals surface area contributed by atoms with E-state index in [1.807, 2.05) is 44.4 Å². The van der Waals surface area contributed by atoms with E-state index in [0.29, 0.717) is 0 Å². The Morgan fingerprint density at radius 1 is 1.10 bits per heavy atom. The molecule has 0 fully saturated rings. The van der Waals surface area contributed by atoms with E-state index >= 15 is 0 Å². The second-order valence-corrected chi connectivity index (χ2v) is 6.08. The average Bonchev–Trinajstić information content (AvgIpc) is 2.83. The van der Waals surface area contributed by atoms with Gasteiger partial charge in [-0.25, -0.2) is 4.98 Å². The first-order chi connectivity index (χ1) is 9.63. The molecule has 2 aromatic carbocycles. The van der Waals surface area contributed by atoms with Gasteiger partial charge < -0.3 is 10.2 Å². The number of thiazole rings is 1. The number of benzene rings is 2. The third kappa shape index (κ3) is 2.57. The maximum atomic E-state index is 6.17. The normalized spacial score (nSPS) is 10.8. The highest BCUT2D eigenvalue weighted by atomic mass is 35.5. The molecular weight excluding hydrogens is 290 g/mol. The van der Waals surface area contributed by atoms with Gasteiger partial charge in [-0.3, -0.25) is 0 Å². The summed E-state index contributed by atoms with van der Waals surface area (Å²) in [5, 5.41) is 4.92. The molecule has 1 N–H and O–H groups in total. The third-order valence-electron chi connectivity index (χ3n) is 3.00. The SMILES string of the molecule is CN(C)c1ccc(Nc2nc3cccc(Cl)c3s2)cc1. The van der Waals surface area contributed by atoms with Gasteiger partial charge in [0.25, 0.3) is 0 Å². The minimum atomic E-state index is 0.746. The molecule has 5 heteroatoms. The molecule has 0 bridgehead atoms. The lowest BCUT2D eigenvalue weighted by Crippen LogP contribution is -2.08. The molecule has 1 aromatic heterocycles. The molecule has 0 aliphatic carbocycles. The van der Waals surface area contributed by atoms with Crippen LogP contribution in [0.1, 0.15) is 0 Å². The Labute approximate surface area is 126 Å². The van der Waals surface area contributed by atoms with Crippen molar-refractivity contribution < 1.29 is 0 Å². The van der Waals surface area contributed by atoms with Gasteiger partial charge in [0.05, 0.1) is 15.2 Å². The molecule has 3 nitrogen and oxygen atoms in total. The molecule has 0 atom stereocenters. The minimum absolute atomic E-state index is 0.746. The molecule has 0 saturated carbocycles. The molecule has 0 saturated heterocycles. The highest BCUT2D eigenvalue weighted by Gasteiger charge is 2.07. The maximum Gasteiger partial charge on any atom is 0.188 e. The van der Waals surface area contributed by atoms with Gasteiger partial charge in [-0.15, -0.1) is 0 Å². The number of anilines is 3. The minimum Gasteiger partial charge on any atom is -0.378 e. The van der Waals surface area contributed by atoms with Crippen LogP contribution < -0.4 is 10.2 Å². The molecule has 0 unspecified atom stereocenters. The predicted octanol–water partition coefficient (Wildman–Crippen LogP) is 4.76. The van der Waals surface area contributed by atoms with E-state index in [4.69, 9.17) is 11.6 Å². The van der Waals surface area contributed by atoms with Crippen LogP contribution in [0.25, 0.3) is 10.2 Å². The van der Waals surface area contributed by atoms with Crippen LogP contribution in [0.5, 0.6) is 0 Å². The van der Waals surface area contributed by atoms with Gasteiger partial charge in [-0.05, 0) is 36.4 Å². The Balaban J connectivity index is 1.87. The summed E-state index contributed by atoms with van der Waals surface area (Å²) in [4.78, 5) is 6.61. The van der Waals surface area contributed by atoms with Crippen molar-refractivity contribution in [3.8, 4) is 0 Å². The zero-order valence-corrected chi connectivity index (χ0v) is 12.8. The fourth-order valence-corrected chi connectivity index (χ4v) is 3.11. The molecular formula is C15H14ClN3S. The van der Waals surface area contributed by atoms with E-state index in [1.54, 1.807) is 11.3 Å². The number of hydrogen-bond donors (Lipinski definition) is 1. The van der Waals surface area contributed by atoms with Gasteiger partial charge in [-0.2, -0.15) is 0 Å². The van der Waals surface area contributed by atoms with E-state index in [-0.39, 0.29) is 0 Å². The molecule has 20 heavy (non-hydrogen) atoms. The van der Waals surface area contributed by atoms with Crippen LogP contribution in [-0.2, 0) is 0 Å². The lowest BCUT2D eigenvalue weighted by molar-refractivity contribution is 1.13. The summed E-state index contributed by atoms with van der Waals surface area (Å²) in [6.07, 6.45) is 0. The average molecular weight is 304 g/mol. The second kappa shape index (κ2) is 5.31. The first-order valence-corrected chi connectivity index (χ1v) is 7.42. The Morgan fingerprint density at radius 2 is 1.85 bits per heavy atom. The van der Waals surface area contributed by atoms with E-state index in [2.05, 4.69) is 27.3 Å². The van der Waals surface area contributed by atoms with Gasteiger partial charge in [-0.1, -0.05) is 29.0 Å². The highest BCUT2D eigenvalue weighted by Crippen LogP contribution is 2.33. The standard InChI is InChI=1S/C15H14ClN3S/c1-19(2)11-8-6-10(7-9-11)17-15-18-13-5-3-4-12(16)14(13)20-15/h3-9H,1-2H3,(H,17,18). The summed E-state index contributed by atoms with van der Waals surface area (Å²) in [6.45, 7) is 0. The van der Waals surface area contributed by atoms with Crippen molar-refractivity contribution in [3.63, 3.8) is 0 Å². The van der Waals surface area contributed by atoms with Gasteiger partial charge in [0, 0.05) is 25.5 Å². The molecule has 3 rings (SSSR count). The fraction of sp³-hybridized carbons (Fsp3) is 0.133. The summed E-state index contributed by atoms with van der Waals surface area (Å²) in [6, 6.07) is 14.0. The Morgan fingerprint density at radius 3 is 2.50 bits per heavy atom. The van der Waals surface area contributed by atoms with Crippen LogP contribution in [0.4, 0.5) is 16.5 Å². The molecule has 102 valence electrons. The maximum absolute atomic E-state index is 6.17. The lowest BCUT2D eigenvalue weighted by Gasteiger charge is -2.12. The molecule has 0 amide bonds. The van der Waals surface area contributed by atoms with E-state index in [9.17, 15) is 0 Å². The zero-order chi connectivity index (χ0) is 14.1. The number of nitrogens with one attached hydrogen (secondary N) is 1. The second-order valence-electron chi connectivity index (χ2n) is 4.67. The molecule has 0 spiro atoms. The lowest BCUT2D eigenvalue weighted by atomic mass is 10.2. The third-order valence-corrected chi connectivity index (χ3v) is 4.45. The zero-order valence-electron chi connectivity index (χ0n) is 11.2. The van der Waals surface area contributed by atoms with Crippen molar-refractivity contribution >= 4 is 49.7 Å². The summed E-state index contributed by atoms with van der Waals surface area (Å²) in [5.74, 6) is 0. The van der Waals surface area contributed by atoms with Crippen molar-refractivity contribution in [2.45, 2.75) is 0 Å². The number of halogens is 1. The number of aromatic nitrogens is 1. The Hall–Kier alpha value is -1.78. The smallest absolute Gasteiger partial charge is 0.188 e. The number of hydrogen-bond acceptors (Lipinski definition) is 4. The van der Waals surface area contributed by atoms with Crippen molar-refractivity contribution in [3.05, 3.63) is 47.5 Å². The van der Waals surface area contributed by atoms with Crippen molar-refractivity contribution in [1.82, 2.24) is 4.98 Å². The van der Waals surface area contributed by atoms with Crippen LogP contribution >= 0.6 is 22.9 Å². The monoisotopic (exact) mass is 303 g/mol. The number of fused-ring (bicyclic) bond motifs is 1. The Kier molecular flexibility index (Phi) is 3.51. The van der Waals surface area contributed by atoms with Crippen LogP contribution in [0, 0.1) is 0 Å². The van der Waals surface area contributed by atoms with Crippen LogP contribution in [-0.4, -0.2) is 19.1 Å². The first-order valence-electron chi connectivity index (χ1n) is 6.23. The van der Waals surface area contributed by atoms with Gasteiger partial charge in [0.15, 0.2) is 5.13 Å². The fourth-order valence-electron chi connectivity index (χ4n) is 1.94. The summed E-state index contributed by atoms with van der Waals surface area (Å²) < 4.78 is 1.02. The van der Waals surface area contributed by atoms with E-state index < -0.39 is 0 Å². The number of rotatable bonds is 3. The van der Waals surface area contributed by atoms with Crippen LogP contribution in [0.15, 0.2) is 42.5 Å². The largest absolute Gasteiger partial charge is 0.378 e. The van der Waals surface area contributed by atoms with Crippen molar-refractivity contribution in [1.29, 1.82) is 0 Å². The molecule has 0 radical (unpaired) electrons. The predicted molar refractivity (Wildman–Crippen MR) is 88.7 cm³/mol. The van der Waals surface area contributed by atoms with Crippen LogP contribution in [0.2, 0.25) is 5.02 Å². The van der Waals surface area contributed by atoms with Crippen LogP contribution in [0.3, 0.4) is 0 Å². The molecule has 0 aliphatic rings. The summed E-state index contributed by atoms with van der Waals surface area (Å²) >= 11 is 7.73. The van der Waals surface area contributed by atoms with Gasteiger partial charge in [0.1, 0.15) is 0 Å². The molecule has 3 aromatic rings. The number of nitrogens with zero attached hydrogens (tertiary/aromatic N) is 2. The van der Waals surface area contributed by atoms with E-state index in [1.165, 1.54) is 5.69 Å². The highest BCUT2D eigenvalue weighted by molar-refractivity contribution is 7.22. The van der Waals surface area contributed by atoms with Crippen molar-refractivity contribution in [2.75, 3.05) is 24.3 Å². The van der Waals surface area contributed by atoms with Gasteiger partial charge in [0.2, 0.25) is 0 Å². The first kappa shape index (κ1) is 13.2. The molecule has 0 aliphatic heterocycles. The quantitative estimate of drug-likeness (QED) is 0.756. The Bertz CT molecular complexity index is 734. The topological polar surface area (TPSA) is 28.2 Å².